The van der Waals surface area contributed by atoms with Crippen molar-refractivity contribution in [3.05, 3.63) is 89.7 Å². The van der Waals surface area contributed by atoms with E-state index < -0.39 is 34.3 Å². The third-order valence-corrected chi connectivity index (χ3v) is 9.38. The Morgan fingerprint density at radius 2 is 1.67 bits per heavy atom. The number of carbonyl (C=O) groups is 2. The molecule has 0 aliphatic heterocycles. The fraction of sp³-hybridized carbons (Fsp3) is 0.375. The van der Waals surface area contributed by atoms with Gasteiger partial charge in [0.05, 0.1) is 17.7 Å². The molecule has 0 bridgehead atoms. The van der Waals surface area contributed by atoms with E-state index in [2.05, 4.69) is 5.32 Å². The fourth-order valence-corrected chi connectivity index (χ4v) is 6.58. The molecule has 1 fully saturated rings. The van der Waals surface area contributed by atoms with Crippen LogP contribution in [0.25, 0.3) is 0 Å². The predicted molar refractivity (Wildman–Crippen MR) is 160 cm³/mol. The summed E-state index contributed by atoms with van der Waals surface area (Å²) >= 11 is 0. The van der Waals surface area contributed by atoms with Crippen LogP contribution in [-0.2, 0) is 26.2 Å². The Balaban J connectivity index is 1.67. The normalized spacial score (nSPS) is 14.6. The number of amides is 2. The number of nitrogens with one attached hydrogen (secondary N) is 1. The Hall–Kier alpha value is -3.92. The number of aryl methyl sites for hydroxylation is 1. The van der Waals surface area contributed by atoms with Gasteiger partial charge in [-0.2, -0.15) is 0 Å². The number of methoxy groups -OCH3 is 1. The number of hydrogen-bond acceptors (Lipinski definition) is 5. The van der Waals surface area contributed by atoms with Crippen molar-refractivity contribution in [3.8, 4) is 5.75 Å². The molecular formula is C32H38FN3O5S. The number of hydrogen-bond donors (Lipinski definition) is 1. The van der Waals surface area contributed by atoms with Gasteiger partial charge in [0.15, 0.2) is 0 Å². The first-order valence-electron chi connectivity index (χ1n) is 14.2. The molecule has 0 aromatic heterocycles. The summed E-state index contributed by atoms with van der Waals surface area (Å²) < 4.78 is 47.7. The first-order chi connectivity index (χ1) is 20.1. The minimum atomic E-state index is -4.26. The van der Waals surface area contributed by atoms with Crippen LogP contribution in [0.2, 0.25) is 0 Å². The number of carbonyl (C=O) groups excluding carboxylic acids is 2. The largest absolute Gasteiger partial charge is 0.497 e. The Bertz CT molecular complexity index is 1470. The van der Waals surface area contributed by atoms with E-state index in [0.717, 1.165) is 59.7 Å². The van der Waals surface area contributed by atoms with Crippen LogP contribution in [0.4, 0.5) is 10.1 Å². The van der Waals surface area contributed by atoms with Gasteiger partial charge in [0, 0.05) is 12.6 Å². The molecule has 1 N–H and O–H groups in total. The van der Waals surface area contributed by atoms with Crippen molar-refractivity contribution in [2.75, 3.05) is 18.0 Å². The smallest absolute Gasteiger partial charge is 0.264 e. The van der Waals surface area contributed by atoms with Gasteiger partial charge in [-0.25, -0.2) is 12.8 Å². The zero-order chi connectivity index (χ0) is 30.3. The summed E-state index contributed by atoms with van der Waals surface area (Å²) in [6.45, 7) is 3.12. The highest BCUT2D eigenvalue weighted by molar-refractivity contribution is 7.92. The molecule has 1 aliphatic carbocycles. The van der Waals surface area contributed by atoms with Crippen molar-refractivity contribution in [1.29, 1.82) is 0 Å². The van der Waals surface area contributed by atoms with Gasteiger partial charge in [-0.15, -0.1) is 0 Å². The zero-order valence-electron chi connectivity index (χ0n) is 24.3. The first kappa shape index (κ1) is 31.0. The van der Waals surface area contributed by atoms with E-state index in [1.165, 1.54) is 48.4 Å². The van der Waals surface area contributed by atoms with Gasteiger partial charge in [0.1, 0.15) is 24.2 Å². The maximum absolute atomic E-state index is 14.0. The lowest BCUT2D eigenvalue weighted by Gasteiger charge is -2.33. The second-order valence-corrected chi connectivity index (χ2v) is 12.6. The highest BCUT2D eigenvalue weighted by Crippen LogP contribution is 2.26. The van der Waals surface area contributed by atoms with Gasteiger partial charge in [-0.3, -0.25) is 13.9 Å². The van der Waals surface area contributed by atoms with E-state index in [4.69, 9.17) is 4.74 Å². The zero-order valence-corrected chi connectivity index (χ0v) is 25.1. The van der Waals surface area contributed by atoms with Gasteiger partial charge in [-0.05, 0) is 80.8 Å². The van der Waals surface area contributed by atoms with Crippen LogP contribution >= 0.6 is 0 Å². The summed E-state index contributed by atoms with van der Waals surface area (Å²) in [4.78, 5) is 28.8. The standard InChI is InChI=1S/C32H38FN3O5S/c1-23-8-7-9-25(20-23)21-35(24(2)32(38)34-27-10-5-4-6-11-27)31(37)22-36(28-14-12-26(33)13-15-28)42(39,40)30-18-16-29(41-3)17-19-30/h7-9,12-20,24,27H,4-6,10-11,21-22H2,1-3H3,(H,34,38)/t24-/m0/s1. The second-order valence-electron chi connectivity index (χ2n) is 10.7. The molecule has 1 atom stereocenters. The van der Waals surface area contributed by atoms with Crippen molar-refractivity contribution in [2.24, 2.45) is 0 Å². The van der Waals surface area contributed by atoms with Gasteiger partial charge in [0.25, 0.3) is 10.0 Å². The number of rotatable bonds is 11. The highest BCUT2D eigenvalue weighted by Gasteiger charge is 2.33. The van der Waals surface area contributed by atoms with Crippen LogP contribution in [0, 0.1) is 12.7 Å². The molecule has 0 unspecified atom stereocenters. The van der Waals surface area contributed by atoms with E-state index in [1.54, 1.807) is 6.92 Å². The number of nitrogens with zero attached hydrogens (tertiary/aromatic N) is 2. The molecule has 1 aliphatic rings. The molecule has 0 heterocycles. The quantitative estimate of drug-likeness (QED) is 0.329. The maximum atomic E-state index is 14.0. The van der Waals surface area contributed by atoms with Crippen LogP contribution in [0.5, 0.6) is 5.75 Å². The van der Waals surface area contributed by atoms with Crippen molar-refractivity contribution >= 4 is 27.5 Å². The van der Waals surface area contributed by atoms with Gasteiger partial charge in [-0.1, -0.05) is 49.1 Å². The lowest BCUT2D eigenvalue weighted by molar-refractivity contribution is -0.139. The van der Waals surface area contributed by atoms with E-state index in [-0.39, 0.29) is 29.1 Å². The van der Waals surface area contributed by atoms with E-state index in [9.17, 15) is 22.4 Å². The van der Waals surface area contributed by atoms with Gasteiger partial charge >= 0.3 is 0 Å². The molecule has 3 aromatic carbocycles. The molecule has 2 amide bonds. The van der Waals surface area contributed by atoms with Crippen molar-refractivity contribution in [1.82, 2.24) is 10.2 Å². The molecular weight excluding hydrogens is 557 g/mol. The molecule has 0 spiro atoms. The number of benzene rings is 3. The summed E-state index contributed by atoms with van der Waals surface area (Å²) in [6, 6.07) is 17.5. The lowest BCUT2D eigenvalue weighted by atomic mass is 9.95. The summed E-state index contributed by atoms with van der Waals surface area (Å²) in [5.41, 5.74) is 1.93. The average Bonchev–Trinajstić information content (AvgIpc) is 2.99. The van der Waals surface area contributed by atoms with Gasteiger partial charge < -0.3 is 15.0 Å². The topological polar surface area (TPSA) is 96.0 Å². The summed E-state index contributed by atoms with van der Waals surface area (Å²) in [6.07, 6.45) is 5.01. The third-order valence-electron chi connectivity index (χ3n) is 7.60. The van der Waals surface area contributed by atoms with E-state index in [1.807, 2.05) is 31.2 Å². The van der Waals surface area contributed by atoms with E-state index in [0.29, 0.717) is 5.75 Å². The number of anilines is 1. The minimum absolute atomic E-state index is 0.0517. The lowest BCUT2D eigenvalue weighted by Crippen LogP contribution is -2.53. The first-order valence-corrected chi connectivity index (χ1v) is 15.6. The number of halogens is 1. The molecule has 1 saturated carbocycles. The SMILES string of the molecule is COc1ccc(S(=O)(=O)N(CC(=O)N(Cc2cccc(C)c2)[C@@H](C)C(=O)NC2CCCCC2)c2ccc(F)cc2)cc1. The van der Waals surface area contributed by atoms with Crippen molar-refractivity contribution < 1.29 is 27.1 Å². The summed E-state index contributed by atoms with van der Waals surface area (Å²) in [5, 5.41) is 3.09. The monoisotopic (exact) mass is 595 g/mol. The van der Waals surface area contributed by atoms with Crippen molar-refractivity contribution in [3.63, 3.8) is 0 Å². The number of ether oxygens (including phenoxy) is 1. The van der Waals surface area contributed by atoms with Crippen LogP contribution in [0.1, 0.15) is 50.2 Å². The Morgan fingerprint density at radius 1 is 1.00 bits per heavy atom. The summed E-state index contributed by atoms with van der Waals surface area (Å²) in [7, 11) is -2.79. The third kappa shape index (κ3) is 7.67. The number of sulfonamides is 1. The minimum Gasteiger partial charge on any atom is -0.497 e. The van der Waals surface area contributed by atoms with Crippen LogP contribution in [0.15, 0.2) is 77.7 Å². The molecule has 42 heavy (non-hydrogen) atoms. The molecule has 0 radical (unpaired) electrons. The highest BCUT2D eigenvalue weighted by atomic mass is 32.2. The molecule has 0 saturated heterocycles. The summed E-state index contributed by atoms with van der Waals surface area (Å²) in [5.74, 6) is -0.917. The fourth-order valence-electron chi connectivity index (χ4n) is 5.17. The maximum Gasteiger partial charge on any atom is 0.264 e. The van der Waals surface area contributed by atoms with Crippen molar-refractivity contribution in [2.45, 2.75) is 69.5 Å². The van der Waals surface area contributed by atoms with Crippen LogP contribution in [0.3, 0.4) is 0 Å². The Morgan fingerprint density at radius 3 is 2.29 bits per heavy atom. The molecule has 8 nitrogen and oxygen atoms in total. The molecule has 3 aromatic rings. The predicted octanol–water partition coefficient (Wildman–Crippen LogP) is 5.20. The van der Waals surface area contributed by atoms with Gasteiger partial charge in [0.2, 0.25) is 11.8 Å². The molecule has 4 rings (SSSR count). The average molecular weight is 596 g/mol. The van der Waals surface area contributed by atoms with E-state index >= 15 is 0 Å². The molecule has 10 heteroatoms. The van der Waals surface area contributed by atoms with Crippen LogP contribution < -0.4 is 14.4 Å². The Labute approximate surface area is 247 Å². The van der Waals surface area contributed by atoms with Crippen LogP contribution in [-0.4, -0.2) is 50.9 Å². The molecule has 224 valence electrons. The second kappa shape index (κ2) is 13.8. The Kier molecular flexibility index (Phi) is 10.2.